The smallest absolute Gasteiger partial charge is 0.164 e. The molecule has 0 saturated carbocycles. The topological polar surface area (TPSA) is 17.1 Å². The molecule has 2 aromatic rings. The molecule has 2 heteroatoms. The van der Waals surface area contributed by atoms with Gasteiger partial charge in [-0.25, -0.2) is 4.39 Å². The molecule has 2 rings (SSSR count). The van der Waals surface area contributed by atoms with Gasteiger partial charge in [-0.15, -0.1) is 11.8 Å². The van der Waals surface area contributed by atoms with Crippen LogP contribution in [0.4, 0.5) is 4.39 Å². The van der Waals surface area contributed by atoms with Crippen LogP contribution < -0.4 is 0 Å². The molecular formula is C16H13FO. The maximum Gasteiger partial charge on any atom is 0.164 e. The Kier molecular flexibility index (Phi) is 3.74. The third-order valence-electron chi connectivity index (χ3n) is 2.83. The van der Waals surface area contributed by atoms with Crippen LogP contribution in [0.25, 0.3) is 10.8 Å². The Morgan fingerprint density at radius 3 is 2.61 bits per heavy atom. The van der Waals surface area contributed by atoms with Crippen molar-refractivity contribution in [2.45, 2.75) is 19.8 Å². The number of carbonyl (C=O) groups is 1. The van der Waals surface area contributed by atoms with Crippen molar-refractivity contribution in [1.29, 1.82) is 0 Å². The third kappa shape index (κ3) is 2.41. The summed E-state index contributed by atoms with van der Waals surface area (Å²) in [6.45, 7) is 1.75. The second kappa shape index (κ2) is 5.46. The van der Waals surface area contributed by atoms with Crippen LogP contribution in [-0.4, -0.2) is 5.78 Å². The van der Waals surface area contributed by atoms with E-state index in [2.05, 4.69) is 11.8 Å². The van der Waals surface area contributed by atoms with Crippen molar-refractivity contribution in [3.05, 3.63) is 47.8 Å². The molecule has 0 spiro atoms. The molecule has 0 aliphatic heterocycles. The first-order valence-electron chi connectivity index (χ1n) is 5.84. The van der Waals surface area contributed by atoms with Crippen molar-refractivity contribution in [3.63, 3.8) is 0 Å². The molecule has 0 atom stereocenters. The van der Waals surface area contributed by atoms with E-state index in [9.17, 15) is 9.18 Å². The van der Waals surface area contributed by atoms with E-state index in [1.54, 1.807) is 31.2 Å². The Hall–Kier alpha value is -2.14. The van der Waals surface area contributed by atoms with E-state index in [4.69, 9.17) is 0 Å². The van der Waals surface area contributed by atoms with Crippen LogP contribution in [0.5, 0.6) is 0 Å². The van der Waals surface area contributed by atoms with E-state index >= 15 is 0 Å². The lowest BCUT2D eigenvalue weighted by molar-refractivity contribution is 0.0986. The molecule has 0 aliphatic carbocycles. The Morgan fingerprint density at radius 1 is 1.17 bits per heavy atom. The number of fused-ring (bicyclic) bond motifs is 1. The molecule has 0 saturated heterocycles. The minimum Gasteiger partial charge on any atom is -0.294 e. The largest absolute Gasteiger partial charge is 0.294 e. The first-order chi connectivity index (χ1) is 8.74. The van der Waals surface area contributed by atoms with Crippen LogP contribution in [0.1, 0.15) is 30.1 Å². The van der Waals surface area contributed by atoms with Crippen LogP contribution in [-0.2, 0) is 0 Å². The van der Waals surface area contributed by atoms with Crippen molar-refractivity contribution >= 4 is 16.6 Å². The summed E-state index contributed by atoms with van der Waals surface area (Å²) in [6.07, 6.45) is 0.914. The number of rotatable bonds is 3. The molecule has 0 radical (unpaired) electrons. The average molecular weight is 240 g/mol. The summed E-state index contributed by atoms with van der Waals surface area (Å²) in [5.74, 6) is 5.33. The molecule has 0 amide bonds. The summed E-state index contributed by atoms with van der Waals surface area (Å²) < 4.78 is 13.6. The zero-order valence-electron chi connectivity index (χ0n) is 10.2. The van der Waals surface area contributed by atoms with E-state index in [1.807, 2.05) is 6.07 Å². The molecule has 2 aromatic carbocycles. The zero-order valence-corrected chi connectivity index (χ0v) is 10.2. The van der Waals surface area contributed by atoms with Gasteiger partial charge in [0.2, 0.25) is 0 Å². The third-order valence-corrected chi connectivity index (χ3v) is 2.83. The van der Waals surface area contributed by atoms with Gasteiger partial charge < -0.3 is 0 Å². The highest BCUT2D eigenvalue weighted by atomic mass is 19.1. The summed E-state index contributed by atoms with van der Waals surface area (Å²) in [5.41, 5.74) is 0.574. The lowest BCUT2D eigenvalue weighted by Crippen LogP contribution is -2.00. The second-order valence-corrected chi connectivity index (χ2v) is 3.99. The number of hydrogen-bond acceptors (Lipinski definition) is 1. The highest BCUT2D eigenvalue weighted by Gasteiger charge is 2.11. The van der Waals surface area contributed by atoms with Gasteiger partial charge >= 0.3 is 0 Å². The van der Waals surface area contributed by atoms with Gasteiger partial charge in [-0.1, -0.05) is 24.3 Å². The maximum absolute atomic E-state index is 13.6. The highest BCUT2D eigenvalue weighted by Crippen LogP contribution is 2.23. The summed E-state index contributed by atoms with van der Waals surface area (Å²) in [5, 5.41) is 1.16. The van der Waals surface area contributed by atoms with E-state index in [-0.39, 0.29) is 11.6 Å². The highest BCUT2D eigenvalue weighted by molar-refractivity contribution is 6.08. The van der Waals surface area contributed by atoms with E-state index in [0.29, 0.717) is 29.2 Å². The van der Waals surface area contributed by atoms with Gasteiger partial charge in [0.05, 0.1) is 0 Å². The molecule has 18 heavy (non-hydrogen) atoms. The van der Waals surface area contributed by atoms with Gasteiger partial charge in [0.15, 0.2) is 5.78 Å². The fourth-order valence-electron chi connectivity index (χ4n) is 1.94. The van der Waals surface area contributed by atoms with Crippen molar-refractivity contribution < 1.29 is 9.18 Å². The summed E-state index contributed by atoms with van der Waals surface area (Å²) in [6, 6.07) is 9.94. The van der Waals surface area contributed by atoms with E-state index in [0.717, 1.165) is 0 Å². The molecule has 0 fully saturated rings. The number of benzene rings is 2. The van der Waals surface area contributed by atoms with Gasteiger partial charge in [0, 0.05) is 23.8 Å². The van der Waals surface area contributed by atoms with E-state index < -0.39 is 0 Å². The first-order valence-corrected chi connectivity index (χ1v) is 5.84. The lowest BCUT2D eigenvalue weighted by Gasteiger charge is -2.05. The predicted octanol–water partition coefficient (Wildman–Crippen LogP) is 3.97. The van der Waals surface area contributed by atoms with Gasteiger partial charge in [0.1, 0.15) is 5.82 Å². The van der Waals surface area contributed by atoms with Crippen LogP contribution >= 0.6 is 0 Å². The quantitative estimate of drug-likeness (QED) is 0.586. The second-order valence-electron chi connectivity index (χ2n) is 3.99. The van der Waals surface area contributed by atoms with Crippen LogP contribution in [0.15, 0.2) is 36.4 Å². The minimum atomic E-state index is -0.296. The molecule has 0 aliphatic rings. The molecule has 0 N–H and O–H groups in total. The van der Waals surface area contributed by atoms with Crippen molar-refractivity contribution in [2.24, 2.45) is 0 Å². The number of Topliss-reactive ketones (excluding diaryl/α,β-unsaturated/α-hetero) is 1. The van der Waals surface area contributed by atoms with Gasteiger partial charge in [-0.3, -0.25) is 4.79 Å². The Morgan fingerprint density at radius 2 is 1.89 bits per heavy atom. The molecule has 1 nitrogen and oxygen atoms in total. The first kappa shape index (κ1) is 12.3. The normalized spacial score (nSPS) is 9.89. The monoisotopic (exact) mass is 240 g/mol. The lowest BCUT2D eigenvalue weighted by atomic mass is 9.99. The Labute approximate surface area is 106 Å². The van der Waals surface area contributed by atoms with Crippen molar-refractivity contribution in [1.82, 2.24) is 0 Å². The van der Waals surface area contributed by atoms with Crippen molar-refractivity contribution in [2.75, 3.05) is 0 Å². The average Bonchev–Trinajstić information content (AvgIpc) is 2.39. The summed E-state index contributed by atoms with van der Waals surface area (Å²) in [7, 11) is 0. The maximum atomic E-state index is 13.6. The zero-order chi connectivity index (χ0) is 13.0. The molecule has 0 bridgehead atoms. The molecule has 0 aromatic heterocycles. The van der Waals surface area contributed by atoms with Crippen LogP contribution in [0.3, 0.4) is 0 Å². The number of ketones is 1. The number of carbonyl (C=O) groups excluding carboxylic acids is 1. The predicted molar refractivity (Wildman–Crippen MR) is 70.9 cm³/mol. The Balaban J connectivity index is 2.41. The molecular weight excluding hydrogens is 227 g/mol. The fraction of sp³-hybridized carbons (Fsp3) is 0.188. The molecule has 90 valence electrons. The number of hydrogen-bond donors (Lipinski definition) is 0. The van der Waals surface area contributed by atoms with Gasteiger partial charge in [-0.2, -0.15) is 0 Å². The summed E-state index contributed by atoms with van der Waals surface area (Å²) in [4.78, 5) is 12.1. The van der Waals surface area contributed by atoms with Crippen LogP contribution in [0, 0.1) is 17.7 Å². The molecule has 0 unspecified atom stereocenters. The minimum absolute atomic E-state index is 0.00829. The number of halogens is 1. The summed E-state index contributed by atoms with van der Waals surface area (Å²) >= 11 is 0. The van der Waals surface area contributed by atoms with Gasteiger partial charge in [0.25, 0.3) is 0 Å². The standard InChI is InChI=1S/C16H13FO/c1-2-3-4-9-16(18)14-10-11-15(17)13-8-6-5-7-12(13)14/h5-8,10-11H,4,9H2,1H3. The van der Waals surface area contributed by atoms with Crippen molar-refractivity contribution in [3.8, 4) is 11.8 Å². The fourth-order valence-corrected chi connectivity index (χ4v) is 1.94. The van der Waals surface area contributed by atoms with Gasteiger partial charge in [-0.05, 0) is 24.4 Å². The molecule has 0 heterocycles. The van der Waals surface area contributed by atoms with Crippen LogP contribution in [0.2, 0.25) is 0 Å². The SMILES string of the molecule is CC#CCCC(=O)c1ccc(F)c2ccccc12. The van der Waals surface area contributed by atoms with E-state index in [1.165, 1.54) is 6.07 Å². The Bertz CT molecular complexity index is 647.